The molecule has 0 heterocycles. The van der Waals surface area contributed by atoms with Crippen LogP contribution in [0.3, 0.4) is 0 Å². The Morgan fingerprint density at radius 3 is 1.33 bits per heavy atom. The molecule has 6 heavy (non-hydrogen) atoms. The molecule has 0 aromatic heterocycles. The first-order valence-corrected chi connectivity index (χ1v) is 4.66. The van der Waals surface area contributed by atoms with Gasteiger partial charge >= 0.3 is 39.2 Å². The van der Waals surface area contributed by atoms with Crippen LogP contribution in [-0.4, -0.2) is 21.3 Å². The van der Waals surface area contributed by atoms with Gasteiger partial charge in [0, 0.05) is 0 Å². The van der Waals surface area contributed by atoms with Crippen molar-refractivity contribution in [2.24, 2.45) is 0 Å². The maximum atomic E-state index is 7.99. The van der Waals surface area contributed by atoms with E-state index in [0.29, 0.717) is 0 Å². The van der Waals surface area contributed by atoms with Gasteiger partial charge in [-0.05, 0) is 0 Å². The molecule has 0 aliphatic carbocycles. The predicted octanol–water partition coefficient (Wildman–Crippen LogP) is 0.0452. The number of hydrogen-bond acceptors (Lipinski definition) is 3. The quantitative estimate of drug-likeness (QED) is 0.408. The molecule has 0 saturated carbocycles. The van der Waals surface area contributed by atoms with E-state index in [1.165, 1.54) is 0 Å². The number of halogens is 1. The molecule has 0 aliphatic heterocycles. The van der Waals surface area contributed by atoms with Crippen LogP contribution in [0.4, 0.5) is 0 Å². The molecule has 0 aromatic carbocycles. The van der Waals surface area contributed by atoms with Gasteiger partial charge in [-0.25, -0.2) is 0 Å². The van der Waals surface area contributed by atoms with Crippen LogP contribution in [0.25, 0.3) is 0 Å². The molecule has 0 unspecified atom stereocenters. The van der Waals surface area contributed by atoms with Crippen molar-refractivity contribution in [1.82, 2.24) is 0 Å². The molecule has 0 aliphatic rings. The zero-order valence-electron chi connectivity index (χ0n) is 3.17. The SMILES string of the molecule is CP(O)(O)(O)Cl. The zero-order chi connectivity index (χ0) is 5.45. The van der Waals surface area contributed by atoms with Gasteiger partial charge in [-0.15, -0.1) is 0 Å². The summed E-state index contributed by atoms with van der Waals surface area (Å²) in [6.45, 7) is -3.81. The number of rotatable bonds is 0. The van der Waals surface area contributed by atoms with Gasteiger partial charge in [0.1, 0.15) is 0 Å². The Kier molecular flexibility index (Phi) is 1.16. The van der Waals surface area contributed by atoms with Gasteiger partial charge in [0.05, 0.1) is 0 Å². The van der Waals surface area contributed by atoms with Crippen LogP contribution in [0.1, 0.15) is 0 Å². The van der Waals surface area contributed by atoms with E-state index in [2.05, 4.69) is 11.2 Å². The summed E-state index contributed by atoms with van der Waals surface area (Å²) in [5.74, 6) is 0. The summed E-state index contributed by atoms with van der Waals surface area (Å²) in [6.07, 6.45) is 0. The second-order valence-corrected chi connectivity index (χ2v) is 6.17. The van der Waals surface area contributed by atoms with Gasteiger partial charge in [0.15, 0.2) is 0 Å². The Balaban J connectivity index is 3.73. The molecule has 0 radical (unpaired) electrons. The molecule has 3 nitrogen and oxygen atoms in total. The molecule has 0 rings (SSSR count). The van der Waals surface area contributed by atoms with Crippen molar-refractivity contribution in [3.63, 3.8) is 0 Å². The van der Waals surface area contributed by atoms with Crippen LogP contribution in [0.5, 0.6) is 0 Å². The van der Waals surface area contributed by atoms with E-state index in [4.69, 9.17) is 14.7 Å². The van der Waals surface area contributed by atoms with Gasteiger partial charge in [-0.3, -0.25) is 0 Å². The van der Waals surface area contributed by atoms with Crippen LogP contribution in [0, 0.1) is 0 Å². The summed E-state index contributed by atoms with van der Waals surface area (Å²) in [6, 6.07) is 0. The Morgan fingerprint density at radius 2 is 1.33 bits per heavy atom. The molecular weight excluding hydrogens is 126 g/mol. The summed E-state index contributed by atoms with van der Waals surface area (Å²) in [7, 11) is 0. The van der Waals surface area contributed by atoms with Crippen LogP contribution in [-0.2, 0) is 0 Å². The van der Waals surface area contributed by atoms with Crippen molar-refractivity contribution in [2.75, 3.05) is 6.66 Å². The van der Waals surface area contributed by atoms with Gasteiger partial charge < -0.3 is 0 Å². The second kappa shape index (κ2) is 1.05. The third-order valence-corrected chi connectivity index (χ3v) is 0. The van der Waals surface area contributed by atoms with Crippen molar-refractivity contribution in [1.29, 1.82) is 0 Å². The average molecular weight is 132 g/mol. The average Bonchev–Trinajstić information content (AvgIpc) is 0.650. The van der Waals surface area contributed by atoms with E-state index in [1.54, 1.807) is 0 Å². The Bertz CT molecular complexity index is 44.0. The molecule has 3 N–H and O–H groups in total. The monoisotopic (exact) mass is 132 g/mol. The van der Waals surface area contributed by atoms with Crippen LogP contribution >= 0.6 is 17.9 Å². The van der Waals surface area contributed by atoms with Crippen molar-refractivity contribution < 1.29 is 14.7 Å². The molecule has 0 fully saturated rings. The third kappa shape index (κ3) is 166. The van der Waals surface area contributed by atoms with Gasteiger partial charge in [0.25, 0.3) is 0 Å². The second-order valence-electron chi connectivity index (χ2n) is 1.26. The minimum absolute atomic E-state index is 0.771. The van der Waals surface area contributed by atoms with Crippen molar-refractivity contribution in [2.45, 2.75) is 0 Å². The van der Waals surface area contributed by atoms with Crippen molar-refractivity contribution in [3.8, 4) is 0 Å². The predicted molar refractivity (Wildman–Crippen MR) is 25.4 cm³/mol. The molecule has 40 valence electrons. The van der Waals surface area contributed by atoms with Crippen LogP contribution in [0.2, 0.25) is 0 Å². The first-order valence-electron chi connectivity index (χ1n) is 1.22. The van der Waals surface area contributed by atoms with E-state index in [0.717, 1.165) is 6.66 Å². The summed E-state index contributed by atoms with van der Waals surface area (Å²) in [4.78, 5) is 24.0. The zero-order valence-corrected chi connectivity index (χ0v) is 4.82. The molecular formula is CH6ClO3P. The van der Waals surface area contributed by atoms with E-state index in [1.807, 2.05) is 0 Å². The first-order chi connectivity index (χ1) is 2.24. The molecule has 5 heteroatoms. The Morgan fingerprint density at radius 1 is 1.33 bits per heavy atom. The molecule has 0 spiro atoms. The minimum atomic E-state index is -4.58. The van der Waals surface area contributed by atoms with E-state index < -0.39 is 6.64 Å². The van der Waals surface area contributed by atoms with E-state index >= 15 is 0 Å². The van der Waals surface area contributed by atoms with Crippen LogP contribution < -0.4 is 0 Å². The number of hydrogen-bond donors (Lipinski definition) is 3. The summed E-state index contributed by atoms with van der Waals surface area (Å²) >= 11 is 4.58. The van der Waals surface area contributed by atoms with E-state index in [-0.39, 0.29) is 0 Å². The van der Waals surface area contributed by atoms with Gasteiger partial charge in [-0.1, -0.05) is 0 Å². The first kappa shape index (κ1) is 6.60. The standard InChI is InChI=1S/CH6ClO3P/c1-6(2,3,4)5/h3-5H,1H3. The fraction of sp³-hybridized carbons (Fsp3) is 1.00. The van der Waals surface area contributed by atoms with Crippen LogP contribution in [0.15, 0.2) is 0 Å². The topological polar surface area (TPSA) is 60.7 Å². The maximum absolute atomic E-state index is 7.99. The molecule has 0 bridgehead atoms. The van der Waals surface area contributed by atoms with Crippen molar-refractivity contribution >= 4 is 17.9 Å². The summed E-state index contributed by atoms with van der Waals surface area (Å²) < 4.78 is 0. The molecule has 0 atom stereocenters. The Hall–Kier alpha value is 0.600. The normalized spacial score (nSPS) is 19.2. The third-order valence-electron chi connectivity index (χ3n) is 0. The fourth-order valence-electron chi connectivity index (χ4n) is 0. The summed E-state index contributed by atoms with van der Waals surface area (Å²) in [5, 5.41) is 0. The molecule has 0 amide bonds. The van der Waals surface area contributed by atoms with Gasteiger partial charge in [0.2, 0.25) is 0 Å². The van der Waals surface area contributed by atoms with Gasteiger partial charge in [-0.2, -0.15) is 0 Å². The fourth-order valence-corrected chi connectivity index (χ4v) is 0. The Labute approximate surface area is 40.1 Å². The molecule has 0 aromatic rings. The molecule has 0 saturated heterocycles. The van der Waals surface area contributed by atoms with Crippen molar-refractivity contribution in [3.05, 3.63) is 0 Å². The van der Waals surface area contributed by atoms with E-state index in [9.17, 15) is 0 Å². The summed E-state index contributed by atoms with van der Waals surface area (Å²) in [5.41, 5.74) is 0.